The van der Waals surface area contributed by atoms with E-state index in [9.17, 15) is 18.3 Å². The van der Waals surface area contributed by atoms with Gasteiger partial charge in [-0.3, -0.25) is 9.10 Å². The van der Waals surface area contributed by atoms with Gasteiger partial charge in [0.1, 0.15) is 6.54 Å². The highest BCUT2D eigenvalue weighted by Crippen LogP contribution is 2.36. The van der Waals surface area contributed by atoms with Crippen LogP contribution >= 0.6 is 23.2 Å². The highest BCUT2D eigenvalue weighted by molar-refractivity contribution is 7.92. The second kappa shape index (κ2) is 7.82. The Morgan fingerprint density at radius 2 is 1.93 bits per heavy atom. The Balaban J connectivity index is 1.76. The molecule has 0 aliphatic carbocycles. The topological polar surface area (TPSA) is 107 Å². The van der Waals surface area contributed by atoms with Crippen LogP contribution in [0.25, 0.3) is 0 Å². The molecule has 0 fully saturated rings. The number of imidazole rings is 1. The van der Waals surface area contributed by atoms with Crippen LogP contribution in [-0.2, 0) is 21.2 Å². The molecule has 0 amide bonds. The number of rotatable bonds is 6. The number of carboxylic acid groups (broad SMARTS) is 1. The van der Waals surface area contributed by atoms with Crippen molar-refractivity contribution in [2.45, 2.75) is 11.3 Å². The molecule has 1 aliphatic rings. The third-order valence-electron chi connectivity index (χ3n) is 4.69. The van der Waals surface area contributed by atoms with Gasteiger partial charge in [-0.25, -0.2) is 13.4 Å². The largest absolute Gasteiger partial charge is 0.480 e. The van der Waals surface area contributed by atoms with Crippen LogP contribution in [0.2, 0.25) is 10.0 Å². The van der Waals surface area contributed by atoms with Crippen LogP contribution in [0.15, 0.2) is 53.7 Å². The van der Waals surface area contributed by atoms with Gasteiger partial charge in [0.25, 0.3) is 10.0 Å². The van der Waals surface area contributed by atoms with Crippen molar-refractivity contribution in [1.82, 2.24) is 9.97 Å². The summed E-state index contributed by atoms with van der Waals surface area (Å²) in [7, 11) is -4.22. The third-order valence-corrected chi connectivity index (χ3v) is 6.88. The number of hydrogen-bond acceptors (Lipinski definition) is 5. The molecule has 30 heavy (non-hydrogen) atoms. The highest BCUT2D eigenvalue weighted by atomic mass is 35.5. The van der Waals surface area contributed by atoms with Gasteiger partial charge in [0.05, 0.1) is 10.6 Å². The zero-order chi connectivity index (χ0) is 21.5. The van der Waals surface area contributed by atoms with Gasteiger partial charge in [0, 0.05) is 34.7 Å². The molecule has 3 aromatic rings. The van der Waals surface area contributed by atoms with Crippen molar-refractivity contribution in [3.05, 3.63) is 64.4 Å². The van der Waals surface area contributed by atoms with E-state index in [4.69, 9.17) is 23.2 Å². The number of aliphatic carboxylic acids is 1. The lowest BCUT2D eigenvalue weighted by Crippen LogP contribution is -2.35. The summed E-state index contributed by atoms with van der Waals surface area (Å²) in [6, 6.07) is 8.91. The lowest BCUT2D eigenvalue weighted by molar-refractivity contribution is -0.135. The van der Waals surface area contributed by atoms with E-state index in [-0.39, 0.29) is 20.6 Å². The quantitative estimate of drug-likeness (QED) is 0.573. The van der Waals surface area contributed by atoms with Crippen molar-refractivity contribution >= 4 is 56.5 Å². The zero-order valence-corrected chi connectivity index (χ0v) is 17.7. The van der Waals surface area contributed by atoms with Crippen LogP contribution < -0.4 is 9.21 Å². The molecule has 0 bridgehead atoms. The number of nitrogens with zero attached hydrogens (tertiary/aromatic N) is 3. The number of carbonyl (C=O) groups is 1. The number of aromatic nitrogens is 2. The van der Waals surface area contributed by atoms with E-state index in [2.05, 4.69) is 9.97 Å². The predicted octanol–water partition coefficient (Wildman–Crippen LogP) is 3.69. The Bertz CT molecular complexity index is 1200. The number of aromatic amines is 1. The number of nitrogens with one attached hydrogen (secondary N) is 1. The summed E-state index contributed by atoms with van der Waals surface area (Å²) >= 11 is 11.9. The number of fused-ring (bicyclic) bond motifs is 1. The van der Waals surface area contributed by atoms with Crippen molar-refractivity contribution in [3.8, 4) is 0 Å². The standard InChI is InChI=1S/C19H16Cl2N4O4S/c20-13-8-14(21)10-16(9-13)30(28,29)25(11-18(26)27)15-1-2-17-12(7-15)3-6-24(17)19-22-4-5-23-19/h1-2,4-5,7-10H,3,6,11H2,(H,22,23)(H,26,27). The van der Waals surface area contributed by atoms with Crippen LogP contribution in [0.4, 0.5) is 17.3 Å². The fraction of sp³-hybridized carbons (Fsp3) is 0.158. The number of anilines is 3. The van der Waals surface area contributed by atoms with Gasteiger partial charge in [0.2, 0.25) is 5.95 Å². The summed E-state index contributed by atoms with van der Waals surface area (Å²) in [5.74, 6) is -0.602. The molecule has 2 N–H and O–H groups in total. The van der Waals surface area contributed by atoms with Gasteiger partial charge < -0.3 is 15.0 Å². The lowest BCUT2D eigenvalue weighted by Gasteiger charge is -2.24. The minimum atomic E-state index is -4.22. The minimum absolute atomic E-state index is 0.138. The smallest absolute Gasteiger partial charge is 0.324 e. The SMILES string of the molecule is O=C(O)CN(c1ccc2c(c1)CCN2c1ncc[nH]1)S(=O)(=O)c1cc(Cl)cc(Cl)c1. The average molecular weight is 467 g/mol. The normalized spacial score (nSPS) is 13.3. The number of benzene rings is 2. The van der Waals surface area contributed by atoms with Crippen molar-refractivity contribution in [2.24, 2.45) is 0 Å². The number of carboxylic acids is 1. The first-order valence-corrected chi connectivity index (χ1v) is 11.1. The van der Waals surface area contributed by atoms with Gasteiger partial charge in [-0.1, -0.05) is 23.2 Å². The molecule has 2 heterocycles. The van der Waals surface area contributed by atoms with E-state index in [0.29, 0.717) is 18.9 Å². The van der Waals surface area contributed by atoms with Crippen molar-refractivity contribution in [2.75, 3.05) is 22.3 Å². The molecule has 4 rings (SSSR count). The number of H-pyrrole nitrogens is 1. The van der Waals surface area contributed by atoms with Gasteiger partial charge in [0.15, 0.2) is 0 Å². The van der Waals surface area contributed by atoms with E-state index in [1.807, 2.05) is 4.90 Å². The van der Waals surface area contributed by atoms with Crippen LogP contribution in [0, 0.1) is 0 Å². The number of hydrogen-bond donors (Lipinski definition) is 2. The number of halogens is 2. The van der Waals surface area contributed by atoms with Crippen molar-refractivity contribution in [1.29, 1.82) is 0 Å². The first kappa shape index (κ1) is 20.5. The van der Waals surface area contributed by atoms with E-state index < -0.39 is 22.5 Å². The van der Waals surface area contributed by atoms with Gasteiger partial charge in [-0.05, 0) is 48.4 Å². The van der Waals surface area contributed by atoms with Gasteiger partial charge in [-0.2, -0.15) is 0 Å². The molecule has 11 heteroatoms. The molecule has 0 saturated carbocycles. The summed E-state index contributed by atoms with van der Waals surface area (Å²) in [5.41, 5.74) is 2.01. The van der Waals surface area contributed by atoms with Gasteiger partial charge in [-0.15, -0.1) is 0 Å². The van der Waals surface area contributed by atoms with E-state index in [1.54, 1.807) is 30.6 Å². The Morgan fingerprint density at radius 1 is 1.20 bits per heavy atom. The monoisotopic (exact) mass is 466 g/mol. The van der Waals surface area contributed by atoms with Crippen LogP contribution in [0.5, 0.6) is 0 Å². The second-order valence-electron chi connectivity index (χ2n) is 6.64. The Labute approximate surface area is 182 Å². The molecule has 0 spiro atoms. The maximum atomic E-state index is 13.2. The molecule has 2 aromatic carbocycles. The van der Waals surface area contributed by atoms with Crippen LogP contribution in [-0.4, -0.2) is 42.6 Å². The first-order chi connectivity index (χ1) is 14.3. The molecule has 0 atom stereocenters. The lowest BCUT2D eigenvalue weighted by atomic mass is 10.1. The molecule has 0 unspecified atom stereocenters. The predicted molar refractivity (Wildman–Crippen MR) is 114 cm³/mol. The summed E-state index contributed by atoms with van der Waals surface area (Å²) < 4.78 is 27.3. The summed E-state index contributed by atoms with van der Waals surface area (Å²) in [6.07, 6.45) is 4.03. The first-order valence-electron chi connectivity index (χ1n) is 8.86. The van der Waals surface area contributed by atoms with E-state index in [0.717, 1.165) is 15.6 Å². The van der Waals surface area contributed by atoms with Gasteiger partial charge >= 0.3 is 5.97 Å². The Hall–Kier alpha value is -2.75. The molecular weight excluding hydrogens is 451 g/mol. The van der Waals surface area contributed by atoms with Crippen LogP contribution in [0.3, 0.4) is 0 Å². The fourth-order valence-corrected chi connectivity index (χ4v) is 5.54. The molecule has 0 saturated heterocycles. The minimum Gasteiger partial charge on any atom is -0.480 e. The number of sulfonamides is 1. The molecule has 1 aliphatic heterocycles. The van der Waals surface area contributed by atoms with Crippen molar-refractivity contribution < 1.29 is 18.3 Å². The highest BCUT2D eigenvalue weighted by Gasteiger charge is 2.30. The summed E-state index contributed by atoms with van der Waals surface area (Å²) in [4.78, 5) is 20.6. The van der Waals surface area contributed by atoms with Crippen LogP contribution in [0.1, 0.15) is 5.56 Å². The average Bonchev–Trinajstić information content (AvgIpc) is 3.34. The molecule has 0 radical (unpaired) electrons. The molecule has 8 nitrogen and oxygen atoms in total. The summed E-state index contributed by atoms with van der Waals surface area (Å²) in [5, 5.41) is 9.62. The Morgan fingerprint density at radius 3 is 2.57 bits per heavy atom. The maximum absolute atomic E-state index is 13.2. The van der Waals surface area contributed by atoms with Crippen molar-refractivity contribution in [3.63, 3.8) is 0 Å². The third kappa shape index (κ3) is 3.83. The van der Waals surface area contributed by atoms with E-state index >= 15 is 0 Å². The summed E-state index contributed by atoms with van der Waals surface area (Å²) in [6.45, 7) is -0.0744. The zero-order valence-electron chi connectivity index (χ0n) is 15.4. The molecular formula is C19H16Cl2N4O4S. The second-order valence-corrected chi connectivity index (χ2v) is 9.37. The van der Waals surface area contributed by atoms with E-state index in [1.165, 1.54) is 18.2 Å². The fourth-order valence-electron chi connectivity index (χ4n) is 3.41. The molecule has 156 valence electrons. The molecule has 1 aromatic heterocycles. The Kier molecular flexibility index (Phi) is 5.35. The maximum Gasteiger partial charge on any atom is 0.324 e.